The van der Waals surface area contributed by atoms with Gasteiger partial charge in [-0.25, -0.2) is 4.98 Å². The lowest BCUT2D eigenvalue weighted by Gasteiger charge is -2.17. The van der Waals surface area contributed by atoms with Crippen LogP contribution >= 0.6 is 0 Å². The second-order valence-corrected chi connectivity index (χ2v) is 8.48. The Hall–Kier alpha value is -4.97. The Morgan fingerprint density at radius 1 is 1.25 bits per heavy atom. The maximum atomic E-state index is 13.2. The first kappa shape index (κ1) is 22.8. The smallest absolute Gasteiger partial charge is 0.300 e. The lowest BCUT2D eigenvalue weighted by Crippen LogP contribution is -2.28. The van der Waals surface area contributed by atoms with Crippen molar-refractivity contribution in [2.45, 2.75) is 12.3 Å². The summed E-state index contributed by atoms with van der Waals surface area (Å²) in [4.78, 5) is 34.4. The minimum atomic E-state index is -0.555. The van der Waals surface area contributed by atoms with E-state index in [0.29, 0.717) is 24.3 Å². The van der Waals surface area contributed by atoms with Crippen molar-refractivity contribution in [3.8, 4) is 23.5 Å². The highest BCUT2D eigenvalue weighted by Gasteiger charge is 2.29. The highest BCUT2D eigenvalue weighted by atomic mass is 16.2. The summed E-state index contributed by atoms with van der Waals surface area (Å²) in [7, 11) is 0. The van der Waals surface area contributed by atoms with E-state index in [1.165, 1.54) is 6.21 Å². The molecule has 178 valence electrons. The molecule has 1 saturated heterocycles. The molecule has 1 aliphatic rings. The average molecular weight is 478 g/mol. The van der Waals surface area contributed by atoms with Crippen LogP contribution in [-0.4, -0.2) is 56.2 Å². The number of hydrogen-bond acceptors (Lipinski definition) is 5. The Kier molecular flexibility index (Phi) is 6.16. The van der Waals surface area contributed by atoms with E-state index in [2.05, 4.69) is 31.5 Å². The number of nitrogens with one attached hydrogen (secondary N) is 4. The minimum absolute atomic E-state index is 0.0924. The van der Waals surface area contributed by atoms with Crippen LogP contribution in [0, 0.1) is 17.8 Å². The van der Waals surface area contributed by atoms with Crippen molar-refractivity contribution in [3.63, 3.8) is 0 Å². The molecule has 9 heteroatoms. The van der Waals surface area contributed by atoms with Crippen LogP contribution in [0.2, 0.25) is 0 Å². The highest BCUT2D eigenvalue weighted by molar-refractivity contribution is 6.04. The molecule has 1 unspecified atom stereocenters. The molecular formula is C27H23N7O2. The summed E-state index contributed by atoms with van der Waals surface area (Å²) >= 11 is 0. The van der Waals surface area contributed by atoms with Crippen molar-refractivity contribution < 1.29 is 9.59 Å². The Balaban J connectivity index is 1.37. The lowest BCUT2D eigenvalue weighted by molar-refractivity contribution is -0.111. The summed E-state index contributed by atoms with van der Waals surface area (Å²) in [5.41, 5.74) is 5.50. The third-order valence-electron chi connectivity index (χ3n) is 6.28. The van der Waals surface area contributed by atoms with Gasteiger partial charge in [0.25, 0.3) is 11.8 Å². The van der Waals surface area contributed by atoms with Crippen molar-refractivity contribution in [3.05, 3.63) is 71.8 Å². The van der Waals surface area contributed by atoms with Gasteiger partial charge >= 0.3 is 0 Å². The number of carbonyl (C=O) groups excluding carboxylic acids is 2. The van der Waals surface area contributed by atoms with Gasteiger partial charge in [0, 0.05) is 59.3 Å². The van der Waals surface area contributed by atoms with Crippen molar-refractivity contribution in [2.24, 2.45) is 0 Å². The molecule has 0 bridgehead atoms. The molecule has 4 aromatic rings. The van der Waals surface area contributed by atoms with Crippen LogP contribution < -0.4 is 5.32 Å². The third kappa shape index (κ3) is 4.40. The number of carbonyl (C=O) groups is 2. The molecule has 4 N–H and O–H groups in total. The van der Waals surface area contributed by atoms with E-state index in [0.717, 1.165) is 40.0 Å². The van der Waals surface area contributed by atoms with Crippen molar-refractivity contribution in [2.75, 3.05) is 18.4 Å². The topological polar surface area (TPSA) is 131 Å². The molecule has 9 nitrogen and oxygen atoms in total. The van der Waals surface area contributed by atoms with E-state index in [9.17, 15) is 9.59 Å². The van der Waals surface area contributed by atoms with Gasteiger partial charge in [0.05, 0.1) is 11.9 Å². The molecule has 1 fully saturated rings. The van der Waals surface area contributed by atoms with Gasteiger partial charge < -0.3 is 20.6 Å². The van der Waals surface area contributed by atoms with Crippen LogP contribution in [0.5, 0.6) is 0 Å². The van der Waals surface area contributed by atoms with Gasteiger partial charge in [-0.15, -0.1) is 6.42 Å². The molecule has 5 rings (SSSR count). The summed E-state index contributed by atoms with van der Waals surface area (Å²) in [6, 6.07) is 10.8. The number of pyridine rings is 1. The zero-order valence-corrected chi connectivity index (χ0v) is 19.3. The Bertz CT molecular complexity index is 1540. The van der Waals surface area contributed by atoms with Gasteiger partial charge in [0.15, 0.2) is 0 Å². The van der Waals surface area contributed by atoms with E-state index >= 15 is 0 Å². The first-order chi connectivity index (χ1) is 17.6. The van der Waals surface area contributed by atoms with Gasteiger partial charge in [-0.05, 0) is 60.4 Å². The van der Waals surface area contributed by atoms with Crippen LogP contribution in [0.1, 0.15) is 34.1 Å². The molecule has 1 atom stereocenters. The molecule has 4 heterocycles. The van der Waals surface area contributed by atoms with E-state index < -0.39 is 5.91 Å². The van der Waals surface area contributed by atoms with Crippen molar-refractivity contribution in [1.29, 1.82) is 5.41 Å². The van der Waals surface area contributed by atoms with E-state index in [1.54, 1.807) is 42.7 Å². The molecule has 0 radical (unpaired) electrons. The summed E-state index contributed by atoms with van der Waals surface area (Å²) in [5, 5.41) is 17.9. The lowest BCUT2D eigenvalue weighted by atomic mass is 10.0. The molecule has 1 aromatic carbocycles. The minimum Gasteiger partial charge on any atom is -0.343 e. The zero-order chi connectivity index (χ0) is 25.1. The van der Waals surface area contributed by atoms with Crippen LogP contribution in [0.3, 0.4) is 0 Å². The number of nitrogens with zero attached hydrogens (tertiary/aromatic N) is 3. The predicted molar refractivity (Wildman–Crippen MR) is 139 cm³/mol. The Labute approximate surface area is 207 Å². The summed E-state index contributed by atoms with van der Waals surface area (Å²) in [5.74, 6) is 1.50. The number of allylic oxidation sites excluding steroid dienone is 1. The van der Waals surface area contributed by atoms with Crippen LogP contribution in [0.15, 0.2) is 54.9 Å². The number of fused-ring (bicyclic) bond motifs is 1. The maximum Gasteiger partial charge on any atom is 0.300 e. The molecule has 3 aromatic heterocycles. The van der Waals surface area contributed by atoms with Crippen LogP contribution in [0.4, 0.5) is 5.69 Å². The molecule has 0 aliphatic carbocycles. The molecule has 0 saturated carbocycles. The first-order valence-corrected chi connectivity index (χ1v) is 11.4. The normalized spacial score (nSPS) is 15.3. The van der Waals surface area contributed by atoms with Gasteiger partial charge in [0.2, 0.25) is 0 Å². The van der Waals surface area contributed by atoms with Crippen molar-refractivity contribution in [1.82, 2.24) is 25.1 Å². The number of likely N-dealkylation sites (tertiary alicyclic amines) is 1. The first-order valence-electron chi connectivity index (χ1n) is 11.4. The Morgan fingerprint density at radius 3 is 2.97 bits per heavy atom. The number of amides is 2. The van der Waals surface area contributed by atoms with E-state index in [1.807, 2.05) is 23.0 Å². The van der Waals surface area contributed by atoms with Crippen LogP contribution in [0.25, 0.3) is 28.2 Å². The zero-order valence-electron chi connectivity index (χ0n) is 19.3. The largest absolute Gasteiger partial charge is 0.343 e. The fourth-order valence-corrected chi connectivity index (χ4v) is 4.56. The fourth-order valence-electron chi connectivity index (χ4n) is 4.56. The average Bonchev–Trinajstić information content (AvgIpc) is 3.66. The molecule has 36 heavy (non-hydrogen) atoms. The number of hydrogen-bond donors (Lipinski definition) is 4. The quantitative estimate of drug-likeness (QED) is 0.248. The summed E-state index contributed by atoms with van der Waals surface area (Å²) in [6.45, 7) is 1.20. The van der Waals surface area contributed by atoms with Gasteiger partial charge in [-0.1, -0.05) is 6.07 Å². The SMILES string of the molecule is C#CC(=O)Nc1cccc(C(=O)N2CCC(c3cc4c(-c5cn[nH]c5/C=C\C=N)ccnc4[nH]3)C2)c1. The Morgan fingerprint density at radius 2 is 2.14 bits per heavy atom. The maximum absolute atomic E-state index is 13.2. The number of anilines is 1. The van der Waals surface area contributed by atoms with E-state index in [4.69, 9.17) is 11.8 Å². The second-order valence-electron chi connectivity index (χ2n) is 8.48. The standard InChI is InChI=1S/C27H23N7O2/c1-2-25(35)31-19-6-3-5-17(13-19)27(36)34-12-9-18(16-34)24-14-21-20(8-11-29-26(21)32-24)22-15-30-33-23(22)7-4-10-28/h1,3-8,10-11,13-15,18,28H,9,12,16H2,(H,29,32)(H,30,33)(H,31,35)/b7-4-,28-10?. The second kappa shape index (κ2) is 9.72. The van der Waals surface area contributed by atoms with Gasteiger partial charge in [0.1, 0.15) is 5.65 Å². The van der Waals surface area contributed by atoms with Crippen molar-refractivity contribution >= 4 is 40.8 Å². The van der Waals surface area contributed by atoms with E-state index in [-0.39, 0.29) is 11.8 Å². The predicted octanol–water partition coefficient (Wildman–Crippen LogP) is 3.82. The number of rotatable bonds is 6. The number of H-pyrrole nitrogens is 2. The van der Waals surface area contributed by atoms with Gasteiger partial charge in [-0.2, -0.15) is 5.10 Å². The summed E-state index contributed by atoms with van der Waals surface area (Å²) < 4.78 is 0. The molecule has 0 spiro atoms. The molecule has 2 amide bonds. The monoisotopic (exact) mass is 477 g/mol. The number of terminal acetylenes is 1. The fraction of sp³-hybridized carbons (Fsp3) is 0.148. The third-order valence-corrected chi connectivity index (χ3v) is 6.28. The highest BCUT2D eigenvalue weighted by Crippen LogP contribution is 2.34. The molecule has 1 aliphatic heterocycles. The number of benzene rings is 1. The molecular weight excluding hydrogens is 454 g/mol. The number of aromatic amines is 2. The summed E-state index contributed by atoms with van der Waals surface area (Å²) in [6.07, 6.45) is 14.1. The van der Waals surface area contributed by atoms with Crippen LogP contribution in [-0.2, 0) is 4.79 Å². The van der Waals surface area contributed by atoms with Gasteiger partial charge in [-0.3, -0.25) is 14.7 Å². The number of aromatic nitrogens is 4.